The van der Waals surface area contributed by atoms with Crippen molar-refractivity contribution in [2.75, 3.05) is 0 Å². The van der Waals surface area contributed by atoms with Gasteiger partial charge in [0.05, 0.1) is 5.69 Å². The summed E-state index contributed by atoms with van der Waals surface area (Å²) in [5, 5.41) is 3.81. The third kappa shape index (κ3) is 0.969. The lowest BCUT2D eigenvalue weighted by Gasteiger charge is -1.86. The van der Waals surface area contributed by atoms with Gasteiger partial charge in [-0.15, -0.1) is 0 Å². The molecule has 9 heavy (non-hydrogen) atoms. The molecule has 0 atom stereocenters. The van der Waals surface area contributed by atoms with Crippen molar-refractivity contribution in [2.24, 2.45) is 0 Å². The molecule has 1 aromatic heterocycles. The Bertz CT molecular complexity index is 203. The summed E-state index contributed by atoms with van der Waals surface area (Å²) < 4.78 is 4.99. The normalized spacial score (nSPS) is 10.1. The molecule has 0 fully saturated rings. The van der Waals surface area contributed by atoms with Crippen LogP contribution in [0.4, 0.5) is 0 Å². The molecule has 0 aliphatic heterocycles. The van der Waals surface area contributed by atoms with Crippen LogP contribution in [-0.4, -0.2) is 5.16 Å². The maximum Gasteiger partial charge on any atom is 0.139 e. The molecule has 1 aromatic rings. The van der Waals surface area contributed by atoms with E-state index in [2.05, 4.69) is 12.1 Å². The van der Waals surface area contributed by atoms with Crippen LogP contribution in [0.15, 0.2) is 4.52 Å². The topological polar surface area (TPSA) is 26.0 Å². The van der Waals surface area contributed by atoms with Gasteiger partial charge in [-0.3, -0.25) is 0 Å². The standard InChI is InChI=1S/C7H11NO/c1-4-7-5(2)6(3)8-9-7/h4H2,1-3H3. The highest BCUT2D eigenvalue weighted by Gasteiger charge is 2.03. The maximum atomic E-state index is 4.99. The van der Waals surface area contributed by atoms with E-state index in [1.807, 2.05) is 13.8 Å². The van der Waals surface area contributed by atoms with E-state index in [-0.39, 0.29) is 0 Å². The first-order valence-electron chi connectivity index (χ1n) is 3.17. The van der Waals surface area contributed by atoms with E-state index < -0.39 is 0 Å². The first-order valence-corrected chi connectivity index (χ1v) is 3.17. The molecule has 0 radical (unpaired) electrons. The molecule has 2 nitrogen and oxygen atoms in total. The summed E-state index contributed by atoms with van der Waals surface area (Å²) >= 11 is 0. The van der Waals surface area contributed by atoms with E-state index in [1.165, 1.54) is 5.56 Å². The van der Waals surface area contributed by atoms with Gasteiger partial charge >= 0.3 is 0 Å². The molecule has 1 heterocycles. The van der Waals surface area contributed by atoms with Crippen LogP contribution < -0.4 is 0 Å². The number of hydrogen-bond donors (Lipinski definition) is 0. The largest absolute Gasteiger partial charge is 0.361 e. The fourth-order valence-corrected chi connectivity index (χ4v) is 0.792. The van der Waals surface area contributed by atoms with Gasteiger partial charge in [0.1, 0.15) is 5.76 Å². The molecule has 0 aliphatic rings. The van der Waals surface area contributed by atoms with Crippen LogP contribution in [0.2, 0.25) is 0 Å². The predicted molar refractivity (Wildman–Crippen MR) is 35.4 cm³/mol. The Balaban J connectivity index is 3.04. The van der Waals surface area contributed by atoms with Crippen LogP contribution in [0.3, 0.4) is 0 Å². The average molecular weight is 125 g/mol. The summed E-state index contributed by atoms with van der Waals surface area (Å²) in [6.45, 7) is 6.05. The zero-order chi connectivity index (χ0) is 6.85. The Morgan fingerprint density at radius 3 is 2.33 bits per heavy atom. The van der Waals surface area contributed by atoms with Crippen molar-refractivity contribution in [3.05, 3.63) is 17.0 Å². The van der Waals surface area contributed by atoms with Gasteiger partial charge in [-0.2, -0.15) is 0 Å². The van der Waals surface area contributed by atoms with E-state index in [0.717, 1.165) is 17.9 Å². The van der Waals surface area contributed by atoms with E-state index in [9.17, 15) is 0 Å². The Morgan fingerprint density at radius 2 is 2.11 bits per heavy atom. The van der Waals surface area contributed by atoms with Crippen LogP contribution in [-0.2, 0) is 6.42 Å². The molecule has 0 amide bonds. The molecule has 0 bridgehead atoms. The molecule has 0 spiro atoms. The van der Waals surface area contributed by atoms with Crippen molar-refractivity contribution in [1.29, 1.82) is 0 Å². The van der Waals surface area contributed by atoms with Gasteiger partial charge in [-0.25, -0.2) is 0 Å². The summed E-state index contributed by atoms with van der Waals surface area (Å²) in [6.07, 6.45) is 0.937. The Labute approximate surface area is 54.9 Å². The van der Waals surface area contributed by atoms with Crippen molar-refractivity contribution in [2.45, 2.75) is 27.2 Å². The predicted octanol–water partition coefficient (Wildman–Crippen LogP) is 1.85. The van der Waals surface area contributed by atoms with Crippen molar-refractivity contribution in [1.82, 2.24) is 5.16 Å². The molecule has 0 aliphatic carbocycles. The highest BCUT2D eigenvalue weighted by atomic mass is 16.5. The maximum absolute atomic E-state index is 4.99. The number of nitrogens with zero attached hydrogens (tertiary/aromatic N) is 1. The Kier molecular flexibility index (Phi) is 1.56. The van der Waals surface area contributed by atoms with Crippen LogP contribution >= 0.6 is 0 Å². The first-order chi connectivity index (χ1) is 4.25. The number of aromatic nitrogens is 1. The quantitative estimate of drug-likeness (QED) is 0.572. The summed E-state index contributed by atoms with van der Waals surface area (Å²) in [4.78, 5) is 0. The Morgan fingerprint density at radius 1 is 1.44 bits per heavy atom. The first kappa shape index (κ1) is 6.33. The van der Waals surface area contributed by atoms with Crippen molar-refractivity contribution in [3.8, 4) is 0 Å². The third-order valence-corrected chi connectivity index (χ3v) is 1.57. The van der Waals surface area contributed by atoms with Gasteiger partial charge in [-0.05, 0) is 13.8 Å². The average Bonchev–Trinajstić information content (AvgIpc) is 2.15. The molecule has 0 saturated heterocycles. The lowest BCUT2D eigenvalue weighted by Crippen LogP contribution is -1.78. The van der Waals surface area contributed by atoms with E-state index in [4.69, 9.17) is 4.52 Å². The SMILES string of the molecule is CCc1onc(C)c1C. The minimum atomic E-state index is 0.937. The van der Waals surface area contributed by atoms with Crippen LogP contribution in [0.1, 0.15) is 23.9 Å². The second-order valence-electron chi connectivity index (χ2n) is 2.17. The van der Waals surface area contributed by atoms with Crippen molar-refractivity contribution >= 4 is 0 Å². The Hall–Kier alpha value is -0.790. The van der Waals surface area contributed by atoms with Gasteiger partial charge in [0.2, 0.25) is 0 Å². The van der Waals surface area contributed by atoms with Crippen LogP contribution in [0, 0.1) is 13.8 Å². The number of hydrogen-bond acceptors (Lipinski definition) is 2. The molecule has 0 N–H and O–H groups in total. The van der Waals surface area contributed by atoms with Crippen molar-refractivity contribution < 1.29 is 4.52 Å². The molecular formula is C7H11NO. The lowest BCUT2D eigenvalue weighted by molar-refractivity contribution is 0.382. The zero-order valence-electron chi connectivity index (χ0n) is 6.06. The molecule has 0 aromatic carbocycles. The minimum Gasteiger partial charge on any atom is -0.361 e. The number of rotatable bonds is 1. The molecule has 2 heteroatoms. The van der Waals surface area contributed by atoms with Gasteiger partial charge < -0.3 is 4.52 Å². The third-order valence-electron chi connectivity index (χ3n) is 1.57. The van der Waals surface area contributed by atoms with Gasteiger partial charge in [-0.1, -0.05) is 12.1 Å². The van der Waals surface area contributed by atoms with Gasteiger partial charge in [0.25, 0.3) is 0 Å². The lowest BCUT2D eigenvalue weighted by atomic mass is 10.2. The van der Waals surface area contributed by atoms with Crippen LogP contribution in [0.25, 0.3) is 0 Å². The van der Waals surface area contributed by atoms with Crippen LogP contribution in [0.5, 0.6) is 0 Å². The molecule has 1 rings (SSSR count). The number of aryl methyl sites for hydroxylation is 2. The minimum absolute atomic E-state index is 0.937. The molecule has 0 saturated carbocycles. The highest BCUT2D eigenvalue weighted by Crippen LogP contribution is 2.10. The molecule has 0 unspecified atom stereocenters. The molecular weight excluding hydrogens is 114 g/mol. The fourth-order valence-electron chi connectivity index (χ4n) is 0.792. The summed E-state index contributed by atoms with van der Waals surface area (Å²) in [5.74, 6) is 1.01. The fraction of sp³-hybridized carbons (Fsp3) is 0.571. The van der Waals surface area contributed by atoms with Crippen molar-refractivity contribution in [3.63, 3.8) is 0 Å². The van der Waals surface area contributed by atoms with E-state index in [1.54, 1.807) is 0 Å². The van der Waals surface area contributed by atoms with Gasteiger partial charge in [0.15, 0.2) is 0 Å². The summed E-state index contributed by atoms with van der Waals surface area (Å²) in [5.41, 5.74) is 2.20. The summed E-state index contributed by atoms with van der Waals surface area (Å²) in [6, 6.07) is 0. The molecule has 50 valence electrons. The zero-order valence-corrected chi connectivity index (χ0v) is 6.06. The smallest absolute Gasteiger partial charge is 0.139 e. The van der Waals surface area contributed by atoms with E-state index >= 15 is 0 Å². The second-order valence-corrected chi connectivity index (χ2v) is 2.17. The van der Waals surface area contributed by atoms with Gasteiger partial charge in [0, 0.05) is 12.0 Å². The second kappa shape index (κ2) is 2.21. The monoisotopic (exact) mass is 125 g/mol. The highest BCUT2D eigenvalue weighted by molar-refractivity contribution is 5.19. The summed E-state index contributed by atoms with van der Waals surface area (Å²) in [7, 11) is 0. The van der Waals surface area contributed by atoms with E-state index in [0.29, 0.717) is 0 Å².